The fourth-order valence-electron chi connectivity index (χ4n) is 2.10. The number of sulfone groups is 1. The number of nitrogens with zero attached hydrogens (tertiary/aromatic N) is 1. The summed E-state index contributed by atoms with van der Waals surface area (Å²) >= 11 is 0. The Kier molecular flexibility index (Phi) is 4.80. The molecule has 1 heterocycles. The Balaban J connectivity index is 2.54. The van der Waals surface area contributed by atoms with Crippen molar-refractivity contribution in [3.05, 3.63) is 47.7 Å². The second-order valence-corrected chi connectivity index (χ2v) is 7.32. The summed E-state index contributed by atoms with van der Waals surface area (Å²) in [5, 5.41) is 0. The highest BCUT2D eigenvalue weighted by atomic mass is 32.2. The number of Topliss-reactive ketones (excluding diaryl/α,β-unsaturated/α-hetero) is 1. The van der Waals surface area contributed by atoms with Gasteiger partial charge in [-0.3, -0.25) is 4.79 Å². The van der Waals surface area contributed by atoms with Gasteiger partial charge in [0.2, 0.25) is 0 Å². The van der Waals surface area contributed by atoms with Gasteiger partial charge >= 0.3 is 6.18 Å². The number of hydrogen-bond acceptors (Lipinski definition) is 4. The van der Waals surface area contributed by atoms with E-state index >= 15 is 0 Å². The quantitative estimate of drug-likeness (QED) is 0.782. The third kappa shape index (κ3) is 3.64. The summed E-state index contributed by atoms with van der Waals surface area (Å²) < 4.78 is 61.8. The predicted molar refractivity (Wildman–Crippen MR) is 82.4 cm³/mol. The number of rotatable bonds is 4. The van der Waals surface area contributed by atoms with Crippen molar-refractivity contribution in [1.82, 2.24) is 4.98 Å². The van der Waals surface area contributed by atoms with Gasteiger partial charge in [-0.15, -0.1) is 0 Å². The monoisotopic (exact) mass is 357 g/mol. The Morgan fingerprint density at radius 1 is 1.08 bits per heavy atom. The summed E-state index contributed by atoms with van der Waals surface area (Å²) in [6.45, 7) is 2.64. The molecule has 0 aliphatic carbocycles. The van der Waals surface area contributed by atoms with Crippen LogP contribution in [0.5, 0.6) is 0 Å². The molecule has 0 N–H and O–H groups in total. The molecule has 24 heavy (non-hydrogen) atoms. The second kappa shape index (κ2) is 6.35. The smallest absolute Gasteiger partial charge is 0.293 e. The molecule has 0 unspecified atom stereocenters. The van der Waals surface area contributed by atoms with Crippen LogP contribution in [0.3, 0.4) is 0 Å². The average Bonchev–Trinajstić information content (AvgIpc) is 2.53. The van der Waals surface area contributed by atoms with Crippen molar-refractivity contribution in [2.24, 2.45) is 0 Å². The first kappa shape index (κ1) is 18.1. The number of hydrogen-bond donors (Lipinski definition) is 0. The maximum absolute atomic E-state index is 12.6. The van der Waals surface area contributed by atoms with E-state index < -0.39 is 27.4 Å². The van der Waals surface area contributed by atoms with E-state index in [1.807, 2.05) is 0 Å². The van der Waals surface area contributed by atoms with Crippen molar-refractivity contribution < 1.29 is 26.4 Å². The van der Waals surface area contributed by atoms with Crippen LogP contribution in [0, 0.1) is 0 Å². The Hall–Kier alpha value is -2.22. The SMILES string of the molecule is CCS(=O)(=O)c1ccc(-c2ccc(C(F)(F)F)cc2)nc1C(C)=O. The normalized spacial score (nSPS) is 12.2. The molecule has 4 nitrogen and oxygen atoms in total. The Labute approximate surface area is 137 Å². The van der Waals surface area contributed by atoms with Crippen molar-refractivity contribution in [3.63, 3.8) is 0 Å². The highest BCUT2D eigenvalue weighted by Crippen LogP contribution is 2.31. The number of carbonyl (C=O) groups excluding carboxylic acids is 1. The maximum atomic E-state index is 12.6. The third-order valence-corrected chi connectivity index (χ3v) is 5.17. The van der Waals surface area contributed by atoms with E-state index in [0.717, 1.165) is 12.1 Å². The zero-order valence-corrected chi connectivity index (χ0v) is 13.7. The van der Waals surface area contributed by atoms with Gasteiger partial charge in [-0.05, 0) is 24.3 Å². The van der Waals surface area contributed by atoms with Gasteiger partial charge < -0.3 is 0 Å². The summed E-state index contributed by atoms with van der Waals surface area (Å²) in [5.74, 6) is -0.718. The summed E-state index contributed by atoms with van der Waals surface area (Å²) in [5.41, 5.74) is -0.438. The molecule has 2 rings (SSSR count). The molecule has 0 aliphatic heterocycles. The molecule has 128 valence electrons. The van der Waals surface area contributed by atoms with Crippen LogP contribution in [0.1, 0.15) is 29.9 Å². The molecule has 0 radical (unpaired) electrons. The van der Waals surface area contributed by atoms with Crippen LogP contribution < -0.4 is 0 Å². The lowest BCUT2D eigenvalue weighted by Gasteiger charge is -2.10. The molecule has 1 aromatic carbocycles. The molecule has 1 aromatic heterocycles. The standard InChI is InChI=1S/C16H14F3NO3S/c1-3-24(22,23)14-9-8-13(20-15(14)10(2)21)11-4-6-12(7-5-11)16(17,18)19/h4-9H,3H2,1-2H3. The van der Waals surface area contributed by atoms with Crippen LogP contribution in [-0.2, 0) is 16.0 Å². The first-order valence-corrected chi connectivity index (χ1v) is 8.64. The summed E-state index contributed by atoms with van der Waals surface area (Å²) in [7, 11) is -3.63. The van der Waals surface area contributed by atoms with Gasteiger partial charge in [-0.1, -0.05) is 19.1 Å². The Morgan fingerprint density at radius 2 is 1.67 bits per heavy atom. The molecular weight excluding hydrogens is 343 g/mol. The minimum absolute atomic E-state index is 0.173. The maximum Gasteiger partial charge on any atom is 0.416 e. The van der Waals surface area contributed by atoms with E-state index in [9.17, 15) is 26.4 Å². The van der Waals surface area contributed by atoms with E-state index in [1.54, 1.807) is 0 Å². The minimum atomic E-state index is -4.45. The summed E-state index contributed by atoms with van der Waals surface area (Å²) in [6, 6.07) is 6.89. The molecule has 0 spiro atoms. The lowest BCUT2D eigenvalue weighted by atomic mass is 10.1. The number of aromatic nitrogens is 1. The van der Waals surface area contributed by atoms with Gasteiger partial charge in [0.1, 0.15) is 5.69 Å². The minimum Gasteiger partial charge on any atom is -0.293 e. The van der Waals surface area contributed by atoms with Crippen LogP contribution in [0.4, 0.5) is 13.2 Å². The molecule has 0 saturated heterocycles. The van der Waals surface area contributed by atoms with E-state index in [2.05, 4.69) is 4.98 Å². The number of halogens is 3. The average molecular weight is 357 g/mol. The zero-order valence-electron chi connectivity index (χ0n) is 12.9. The number of benzene rings is 1. The first-order chi connectivity index (χ1) is 11.1. The van der Waals surface area contributed by atoms with Crippen molar-refractivity contribution in [2.75, 3.05) is 5.75 Å². The molecule has 0 bridgehead atoms. The predicted octanol–water partition coefficient (Wildman–Crippen LogP) is 3.76. The molecule has 0 fully saturated rings. The lowest BCUT2D eigenvalue weighted by molar-refractivity contribution is -0.137. The molecule has 2 aromatic rings. The van der Waals surface area contributed by atoms with Gasteiger partial charge in [0, 0.05) is 12.5 Å². The second-order valence-electron chi connectivity index (χ2n) is 5.08. The third-order valence-electron chi connectivity index (χ3n) is 3.41. The van der Waals surface area contributed by atoms with E-state index in [4.69, 9.17) is 0 Å². The number of carbonyl (C=O) groups is 1. The number of alkyl halides is 3. The van der Waals surface area contributed by atoms with E-state index in [1.165, 1.54) is 38.1 Å². The van der Waals surface area contributed by atoms with Gasteiger partial charge in [-0.2, -0.15) is 13.2 Å². The van der Waals surface area contributed by atoms with Crippen LogP contribution >= 0.6 is 0 Å². The fourth-order valence-corrected chi connectivity index (χ4v) is 3.17. The van der Waals surface area contributed by atoms with E-state index in [0.29, 0.717) is 5.56 Å². The van der Waals surface area contributed by atoms with Gasteiger partial charge in [0.15, 0.2) is 15.6 Å². The number of ketones is 1. The molecule has 0 saturated carbocycles. The van der Waals surface area contributed by atoms with Crippen molar-refractivity contribution in [1.29, 1.82) is 0 Å². The van der Waals surface area contributed by atoms with Gasteiger partial charge in [-0.25, -0.2) is 13.4 Å². The zero-order chi connectivity index (χ0) is 18.1. The van der Waals surface area contributed by atoms with Gasteiger partial charge in [0.05, 0.1) is 21.9 Å². The largest absolute Gasteiger partial charge is 0.416 e. The summed E-state index contributed by atoms with van der Waals surface area (Å²) in [6.07, 6.45) is -4.45. The lowest BCUT2D eigenvalue weighted by Crippen LogP contribution is -2.12. The van der Waals surface area contributed by atoms with Crippen molar-refractivity contribution in [2.45, 2.75) is 24.9 Å². The van der Waals surface area contributed by atoms with Crippen LogP contribution in [0.2, 0.25) is 0 Å². The first-order valence-electron chi connectivity index (χ1n) is 6.98. The van der Waals surface area contributed by atoms with Crippen LogP contribution in [0.25, 0.3) is 11.3 Å². The molecule has 0 amide bonds. The van der Waals surface area contributed by atoms with Crippen LogP contribution in [-0.4, -0.2) is 24.9 Å². The Morgan fingerprint density at radius 3 is 2.12 bits per heavy atom. The molecular formula is C16H14F3NO3S. The molecule has 0 atom stereocenters. The highest BCUT2D eigenvalue weighted by Gasteiger charge is 2.30. The summed E-state index contributed by atoms with van der Waals surface area (Å²) in [4.78, 5) is 15.6. The van der Waals surface area contributed by atoms with E-state index in [-0.39, 0.29) is 22.0 Å². The van der Waals surface area contributed by atoms with Crippen molar-refractivity contribution in [3.8, 4) is 11.3 Å². The fraction of sp³-hybridized carbons (Fsp3) is 0.250. The van der Waals surface area contributed by atoms with Gasteiger partial charge in [0.25, 0.3) is 0 Å². The number of pyridine rings is 1. The van der Waals surface area contributed by atoms with Crippen LogP contribution in [0.15, 0.2) is 41.3 Å². The molecule has 8 heteroatoms. The topological polar surface area (TPSA) is 64.1 Å². The molecule has 0 aliphatic rings. The highest BCUT2D eigenvalue weighted by molar-refractivity contribution is 7.91. The Bertz CT molecular complexity index is 872. The van der Waals surface area contributed by atoms with Crippen molar-refractivity contribution >= 4 is 15.6 Å².